The summed E-state index contributed by atoms with van der Waals surface area (Å²) in [5.74, 6) is -0.222. The zero-order valence-electron chi connectivity index (χ0n) is 4.95. The Balaban J connectivity index is 3.30. The van der Waals surface area contributed by atoms with Crippen molar-refractivity contribution in [1.82, 2.24) is 0 Å². The molecule has 0 aromatic rings. The third-order valence-corrected chi connectivity index (χ3v) is 2.43. The summed E-state index contributed by atoms with van der Waals surface area (Å²) in [7, 11) is -4.82. The maximum atomic E-state index is 10.00. The van der Waals surface area contributed by atoms with E-state index in [2.05, 4.69) is 0 Å². The van der Waals surface area contributed by atoms with Crippen LogP contribution in [0.15, 0.2) is 0 Å². The first-order chi connectivity index (χ1) is 4.06. The Labute approximate surface area is 56.6 Å². The fourth-order valence-corrected chi connectivity index (χ4v) is 1.80. The molecular weight excluding hydrogens is 160 g/mol. The molecule has 0 heterocycles. The molecule has 0 saturated heterocycles. The highest BCUT2D eigenvalue weighted by molar-refractivity contribution is 7.85. The lowest BCUT2D eigenvalue weighted by atomic mass is 10.6. The first-order valence-electron chi connectivity index (χ1n) is 2.62. The monoisotopic (exact) mass is 170 g/mol. The molecule has 0 spiro atoms. The van der Waals surface area contributed by atoms with Crippen molar-refractivity contribution in [2.45, 2.75) is 12.5 Å². The molecule has 56 valence electrons. The Morgan fingerprint density at radius 1 is 1.44 bits per heavy atom. The maximum absolute atomic E-state index is 10.00. The fraction of sp³-hybridized carbons (Fsp3) is 1.00. The molecule has 0 aliphatic carbocycles. The standard InChI is InChI=1S/C3H10O4SSi/c4-8(5,6)2-1-3-9-7/h7H,1-3,9H2,(H,4,5,6). The first-order valence-corrected chi connectivity index (χ1v) is 5.86. The average Bonchev–Trinajstić information content (AvgIpc) is 1.63. The minimum atomic E-state index is -3.79. The molecule has 0 amide bonds. The van der Waals surface area contributed by atoms with Gasteiger partial charge in [-0.3, -0.25) is 4.55 Å². The van der Waals surface area contributed by atoms with Crippen LogP contribution in [-0.4, -0.2) is 33.3 Å². The number of hydrogen-bond donors (Lipinski definition) is 2. The lowest BCUT2D eigenvalue weighted by Crippen LogP contribution is -2.04. The zero-order valence-corrected chi connectivity index (χ0v) is 7.18. The van der Waals surface area contributed by atoms with Crippen LogP contribution in [0.5, 0.6) is 0 Å². The van der Waals surface area contributed by atoms with Crippen LogP contribution in [0, 0.1) is 0 Å². The summed E-state index contributed by atoms with van der Waals surface area (Å²) >= 11 is 0. The molecule has 4 nitrogen and oxygen atoms in total. The highest BCUT2D eigenvalue weighted by atomic mass is 32.2. The van der Waals surface area contributed by atoms with Crippen molar-refractivity contribution in [1.29, 1.82) is 0 Å². The maximum Gasteiger partial charge on any atom is 0.264 e. The molecule has 2 N–H and O–H groups in total. The Morgan fingerprint density at radius 2 is 2.00 bits per heavy atom. The summed E-state index contributed by atoms with van der Waals surface area (Å²) < 4.78 is 28.1. The van der Waals surface area contributed by atoms with E-state index in [4.69, 9.17) is 9.35 Å². The van der Waals surface area contributed by atoms with E-state index in [9.17, 15) is 8.42 Å². The lowest BCUT2D eigenvalue weighted by molar-refractivity contribution is 0.482. The molecule has 0 saturated carbocycles. The Hall–Kier alpha value is 0.0869. The Bertz CT molecular complexity index is 151. The lowest BCUT2D eigenvalue weighted by Gasteiger charge is -1.92. The molecule has 0 unspecified atom stereocenters. The van der Waals surface area contributed by atoms with Gasteiger partial charge in [-0.1, -0.05) is 0 Å². The van der Waals surface area contributed by atoms with Gasteiger partial charge in [-0.25, -0.2) is 0 Å². The molecular formula is C3H10O4SSi. The van der Waals surface area contributed by atoms with Crippen molar-refractivity contribution in [2.24, 2.45) is 0 Å². The van der Waals surface area contributed by atoms with E-state index in [1.807, 2.05) is 0 Å². The quantitative estimate of drug-likeness (QED) is 0.314. The topological polar surface area (TPSA) is 74.6 Å². The van der Waals surface area contributed by atoms with Gasteiger partial charge in [-0.15, -0.1) is 0 Å². The molecule has 0 bridgehead atoms. The van der Waals surface area contributed by atoms with Crippen LogP contribution in [0.3, 0.4) is 0 Å². The second-order valence-corrected chi connectivity index (χ2v) is 4.44. The summed E-state index contributed by atoms with van der Waals surface area (Å²) in [5, 5.41) is 0. The van der Waals surface area contributed by atoms with Gasteiger partial charge in [0.1, 0.15) is 0 Å². The molecule has 0 radical (unpaired) electrons. The second-order valence-electron chi connectivity index (χ2n) is 1.72. The van der Waals surface area contributed by atoms with Crippen LogP contribution in [0.4, 0.5) is 0 Å². The summed E-state index contributed by atoms with van der Waals surface area (Å²) in [6, 6.07) is 0.555. The van der Waals surface area contributed by atoms with Crippen LogP contribution < -0.4 is 0 Å². The third-order valence-electron chi connectivity index (χ3n) is 0.810. The largest absolute Gasteiger partial charge is 0.438 e. The van der Waals surface area contributed by atoms with Gasteiger partial charge in [0.15, 0.2) is 9.76 Å². The zero-order chi connectivity index (χ0) is 7.33. The number of rotatable bonds is 4. The van der Waals surface area contributed by atoms with Crippen molar-refractivity contribution in [3.63, 3.8) is 0 Å². The molecule has 0 aliphatic rings. The Kier molecular flexibility index (Phi) is 4.03. The summed E-state index contributed by atoms with van der Waals surface area (Å²) in [4.78, 5) is 8.33. The molecule has 0 aliphatic heterocycles. The van der Waals surface area contributed by atoms with E-state index in [0.29, 0.717) is 12.5 Å². The molecule has 0 fully saturated rings. The van der Waals surface area contributed by atoms with Gasteiger partial charge in [0, 0.05) is 0 Å². The van der Waals surface area contributed by atoms with Crippen LogP contribution in [-0.2, 0) is 10.1 Å². The van der Waals surface area contributed by atoms with Gasteiger partial charge in [-0.2, -0.15) is 8.42 Å². The van der Waals surface area contributed by atoms with Gasteiger partial charge >= 0.3 is 0 Å². The van der Waals surface area contributed by atoms with Gasteiger partial charge in [0.05, 0.1) is 5.75 Å². The average molecular weight is 170 g/mol. The highest BCUT2D eigenvalue weighted by Gasteiger charge is 2.01. The molecule has 0 rings (SSSR count). The van der Waals surface area contributed by atoms with Crippen LogP contribution >= 0.6 is 0 Å². The summed E-state index contributed by atoms with van der Waals surface area (Å²) in [6.07, 6.45) is 0.377. The van der Waals surface area contributed by atoms with Gasteiger partial charge in [-0.05, 0) is 12.5 Å². The van der Waals surface area contributed by atoms with Crippen molar-refractivity contribution < 1.29 is 17.8 Å². The van der Waals surface area contributed by atoms with Crippen LogP contribution in [0.1, 0.15) is 6.42 Å². The van der Waals surface area contributed by atoms with Crippen molar-refractivity contribution >= 4 is 19.9 Å². The third kappa shape index (κ3) is 8.09. The minimum Gasteiger partial charge on any atom is -0.438 e. The van der Waals surface area contributed by atoms with Crippen LogP contribution in [0.2, 0.25) is 6.04 Å². The molecule has 6 heteroatoms. The van der Waals surface area contributed by atoms with Crippen molar-refractivity contribution in [2.75, 3.05) is 5.75 Å². The fourth-order valence-electron chi connectivity index (χ4n) is 0.396. The predicted molar refractivity (Wildman–Crippen MR) is 36.6 cm³/mol. The van der Waals surface area contributed by atoms with E-state index in [1.54, 1.807) is 0 Å². The molecule has 0 atom stereocenters. The number of hydrogen-bond acceptors (Lipinski definition) is 3. The Morgan fingerprint density at radius 3 is 2.33 bits per heavy atom. The SMILES string of the molecule is O=S(=O)(O)CCC[SiH2]O. The summed E-state index contributed by atoms with van der Waals surface area (Å²) in [5.41, 5.74) is 0. The molecule has 0 aromatic heterocycles. The normalized spacial score (nSPS) is 13.1. The second kappa shape index (κ2) is 3.99. The van der Waals surface area contributed by atoms with E-state index < -0.39 is 19.9 Å². The smallest absolute Gasteiger partial charge is 0.264 e. The summed E-state index contributed by atoms with van der Waals surface area (Å²) in [6.45, 7) is 0. The first kappa shape index (κ1) is 9.09. The van der Waals surface area contributed by atoms with Gasteiger partial charge in [0.25, 0.3) is 10.1 Å². The van der Waals surface area contributed by atoms with Crippen LogP contribution in [0.25, 0.3) is 0 Å². The highest BCUT2D eigenvalue weighted by Crippen LogP contribution is 1.91. The molecule has 0 aromatic carbocycles. The van der Waals surface area contributed by atoms with Crippen molar-refractivity contribution in [3.05, 3.63) is 0 Å². The van der Waals surface area contributed by atoms with E-state index >= 15 is 0 Å². The van der Waals surface area contributed by atoms with Gasteiger partial charge < -0.3 is 4.80 Å². The van der Waals surface area contributed by atoms with E-state index in [1.165, 1.54) is 0 Å². The van der Waals surface area contributed by atoms with E-state index in [0.717, 1.165) is 0 Å². The molecule has 9 heavy (non-hydrogen) atoms. The van der Waals surface area contributed by atoms with E-state index in [-0.39, 0.29) is 5.75 Å². The van der Waals surface area contributed by atoms with Crippen molar-refractivity contribution in [3.8, 4) is 0 Å². The van der Waals surface area contributed by atoms with Gasteiger partial charge in [0.2, 0.25) is 0 Å². The predicted octanol–water partition coefficient (Wildman–Crippen LogP) is -1.24. The minimum absolute atomic E-state index is 0.222.